The molecule has 4 fully saturated rings. The topological polar surface area (TPSA) is 184 Å². The first-order valence-corrected chi connectivity index (χ1v) is 19.8. The first-order valence-electron chi connectivity index (χ1n) is 19.5. The number of imide groups is 2. The van der Waals surface area contributed by atoms with E-state index < -0.39 is 29.7 Å². The molecule has 5 aliphatic heterocycles. The predicted octanol–water partition coefficient (Wildman–Crippen LogP) is 3.52. The summed E-state index contributed by atoms with van der Waals surface area (Å²) < 4.78 is 6.04. The third-order valence-electron chi connectivity index (χ3n) is 11.6. The Morgan fingerprint density at radius 1 is 0.842 bits per heavy atom. The monoisotopic (exact) mass is 794 g/mol. The lowest BCUT2D eigenvalue weighted by atomic mass is 9.96. The van der Waals surface area contributed by atoms with Crippen LogP contribution in [0.5, 0.6) is 5.75 Å². The number of nitrogens with one attached hydrogen (secondary N) is 2. The maximum Gasteiger partial charge on any atom is 0.323 e. The van der Waals surface area contributed by atoms with Crippen LogP contribution in [0.1, 0.15) is 64.8 Å². The normalized spacial score (nSPS) is 21.0. The van der Waals surface area contributed by atoms with Crippen molar-refractivity contribution in [1.82, 2.24) is 30.2 Å². The van der Waals surface area contributed by atoms with Crippen molar-refractivity contribution in [1.29, 1.82) is 5.26 Å². The zero-order chi connectivity index (χ0) is 39.6. The van der Waals surface area contributed by atoms with Gasteiger partial charge in [-0.3, -0.25) is 39.6 Å². The number of carbonyl (C=O) groups excluding carboxylic acids is 5. The van der Waals surface area contributed by atoms with Crippen LogP contribution >= 0.6 is 11.6 Å². The molecule has 3 aromatic rings. The number of fused-ring (bicyclic) bond motifs is 1. The lowest BCUT2D eigenvalue weighted by molar-refractivity contribution is -0.136. The maximum absolute atomic E-state index is 13.3. The van der Waals surface area contributed by atoms with Crippen LogP contribution in [0.2, 0.25) is 5.02 Å². The number of hydrogen-bond acceptors (Lipinski definition) is 12. The number of urea groups is 1. The number of piperidine rings is 3. The van der Waals surface area contributed by atoms with Gasteiger partial charge < -0.3 is 19.4 Å². The van der Waals surface area contributed by atoms with Crippen molar-refractivity contribution in [3.05, 3.63) is 70.2 Å². The Morgan fingerprint density at radius 3 is 2.28 bits per heavy atom. The van der Waals surface area contributed by atoms with E-state index >= 15 is 0 Å². The van der Waals surface area contributed by atoms with Crippen LogP contribution in [-0.4, -0.2) is 126 Å². The molecular formula is C40H43ClN10O6. The first-order chi connectivity index (χ1) is 27.6. The number of aromatic nitrogens is 2. The number of hydrogen-bond donors (Lipinski definition) is 2. The number of piperazine rings is 1. The number of halogens is 1. The molecule has 1 unspecified atom stereocenters. The van der Waals surface area contributed by atoms with Crippen LogP contribution in [-0.2, 0) is 9.59 Å². The molecule has 1 aromatic heterocycles. The molecule has 5 aliphatic rings. The van der Waals surface area contributed by atoms with E-state index in [1.165, 1.54) is 0 Å². The summed E-state index contributed by atoms with van der Waals surface area (Å²) in [7, 11) is 0. The van der Waals surface area contributed by atoms with Gasteiger partial charge in [0.25, 0.3) is 11.8 Å². The molecule has 16 nitrogen and oxygen atoms in total. The zero-order valence-electron chi connectivity index (χ0n) is 31.4. The van der Waals surface area contributed by atoms with E-state index in [4.69, 9.17) is 21.6 Å². The van der Waals surface area contributed by atoms with E-state index in [2.05, 4.69) is 35.5 Å². The van der Waals surface area contributed by atoms with Gasteiger partial charge in [0.2, 0.25) is 11.8 Å². The van der Waals surface area contributed by atoms with Crippen LogP contribution in [0.4, 0.5) is 22.1 Å². The van der Waals surface area contributed by atoms with Crippen LogP contribution in [0, 0.1) is 17.2 Å². The SMILES string of the molecule is N#Cc1ccc(OC2CCN(C(=O)Nc3ccc(N4CCC(CN5CCN(c6ccc7c(c6)C(=O)N(C6CCC(=O)NC6=O)C7=O)CC5)CC4)nn3)CC2)cc1Cl. The second-order valence-electron chi connectivity index (χ2n) is 15.2. The van der Waals surface area contributed by atoms with E-state index in [0.717, 1.165) is 75.1 Å². The highest BCUT2D eigenvalue weighted by Crippen LogP contribution is 2.32. The molecule has 17 heteroatoms. The van der Waals surface area contributed by atoms with E-state index in [-0.39, 0.29) is 30.5 Å². The van der Waals surface area contributed by atoms with Crippen LogP contribution < -0.4 is 25.2 Å². The number of ether oxygens (including phenoxy) is 1. The van der Waals surface area contributed by atoms with Crippen molar-refractivity contribution in [2.75, 3.05) is 74.0 Å². The summed E-state index contributed by atoms with van der Waals surface area (Å²) in [6.45, 7) is 7.15. The second kappa shape index (κ2) is 16.4. The van der Waals surface area contributed by atoms with Gasteiger partial charge in [0, 0.05) is 89.9 Å². The fraction of sp³-hybridized carbons (Fsp3) is 0.450. The molecule has 6 amide bonds. The highest BCUT2D eigenvalue weighted by atomic mass is 35.5. The molecule has 0 aliphatic carbocycles. The molecule has 0 radical (unpaired) electrons. The molecule has 6 heterocycles. The molecule has 296 valence electrons. The van der Waals surface area contributed by atoms with Gasteiger partial charge in [0.15, 0.2) is 11.6 Å². The summed E-state index contributed by atoms with van der Waals surface area (Å²) in [6.07, 6.45) is 3.56. The maximum atomic E-state index is 13.3. The van der Waals surface area contributed by atoms with Crippen molar-refractivity contribution < 1.29 is 28.7 Å². The minimum absolute atomic E-state index is 0.0549. The van der Waals surface area contributed by atoms with E-state index in [1.807, 2.05) is 18.2 Å². The van der Waals surface area contributed by atoms with Crippen molar-refractivity contribution in [3.8, 4) is 11.8 Å². The minimum Gasteiger partial charge on any atom is -0.490 e. The number of nitrogens with zero attached hydrogens (tertiary/aromatic N) is 8. The largest absolute Gasteiger partial charge is 0.490 e. The fourth-order valence-corrected chi connectivity index (χ4v) is 8.55. The number of benzene rings is 2. The zero-order valence-corrected chi connectivity index (χ0v) is 32.1. The van der Waals surface area contributed by atoms with Gasteiger partial charge in [-0.05, 0) is 67.6 Å². The third-order valence-corrected chi connectivity index (χ3v) is 11.9. The number of rotatable bonds is 8. The number of carbonyl (C=O) groups is 5. The Balaban J connectivity index is 0.751. The van der Waals surface area contributed by atoms with Crippen LogP contribution in [0.15, 0.2) is 48.5 Å². The van der Waals surface area contributed by atoms with Gasteiger partial charge in [-0.25, -0.2) is 4.79 Å². The van der Waals surface area contributed by atoms with Crippen LogP contribution in [0.3, 0.4) is 0 Å². The Labute approximate surface area is 334 Å². The molecule has 0 saturated carbocycles. The quantitative estimate of drug-likeness (QED) is 0.317. The molecule has 2 N–H and O–H groups in total. The Hall–Kier alpha value is -5.79. The third kappa shape index (κ3) is 8.21. The van der Waals surface area contributed by atoms with Gasteiger partial charge in [-0.2, -0.15) is 5.26 Å². The van der Waals surface area contributed by atoms with E-state index in [1.54, 1.807) is 41.3 Å². The molecule has 57 heavy (non-hydrogen) atoms. The van der Waals surface area contributed by atoms with Gasteiger partial charge in [0.05, 0.1) is 21.7 Å². The fourth-order valence-electron chi connectivity index (χ4n) is 8.33. The summed E-state index contributed by atoms with van der Waals surface area (Å²) >= 11 is 6.13. The standard InChI is InChI=1S/C40H43ClN10O6/c41-32-22-29(3-1-26(32)23-42)57-28-11-15-50(16-12-28)40(56)43-34-6-7-35(46-45-34)49-13-9-25(10-14-49)24-47-17-19-48(20-18-47)27-2-4-30-31(21-27)39(55)51(38(30)54)33-5-8-36(52)44-37(33)53/h1-4,6-7,21-22,25,28,33H,5,8-20,24H2,(H,43,45,56)(H,44,52,53). The summed E-state index contributed by atoms with van der Waals surface area (Å²) in [6, 6.07) is 14.8. The van der Waals surface area contributed by atoms with Gasteiger partial charge in [0.1, 0.15) is 24.0 Å². The molecule has 2 aromatic carbocycles. The summed E-state index contributed by atoms with van der Waals surface area (Å²) in [5, 5.41) is 23.3. The summed E-state index contributed by atoms with van der Waals surface area (Å²) in [5.41, 5.74) is 1.86. The smallest absolute Gasteiger partial charge is 0.323 e. The molecule has 4 saturated heterocycles. The van der Waals surface area contributed by atoms with Crippen molar-refractivity contribution in [3.63, 3.8) is 0 Å². The van der Waals surface area contributed by atoms with Crippen molar-refractivity contribution >= 4 is 58.6 Å². The molecule has 0 spiro atoms. The van der Waals surface area contributed by atoms with Crippen molar-refractivity contribution in [2.24, 2.45) is 5.92 Å². The Kier molecular flexibility index (Phi) is 10.9. The number of likely N-dealkylation sites (tertiary alicyclic amines) is 1. The Morgan fingerprint density at radius 2 is 1.60 bits per heavy atom. The number of nitriles is 1. The lowest BCUT2D eigenvalue weighted by Crippen LogP contribution is -2.54. The number of amides is 6. The Bertz CT molecular complexity index is 2100. The number of anilines is 3. The van der Waals surface area contributed by atoms with Crippen molar-refractivity contribution in [2.45, 2.75) is 50.7 Å². The van der Waals surface area contributed by atoms with Gasteiger partial charge in [-0.1, -0.05) is 11.6 Å². The summed E-state index contributed by atoms with van der Waals surface area (Å²) in [4.78, 5) is 73.1. The van der Waals surface area contributed by atoms with E-state index in [0.29, 0.717) is 59.6 Å². The average molecular weight is 795 g/mol. The summed E-state index contributed by atoms with van der Waals surface area (Å²) in [5.74, 6) is 0.352. The average Bonchev–Trinajstić information content (AvgIpc) is 3.47. The first kappa shape index (κ1) is 38.1. The lowest BCUT2D eigenvalue weighted by Gasteiger charge is -2.39. The molecule has 0 bridgehead atoms. The minimum atomic E-state index is -0.978. The van der Waals surface area contributed by atoms with Gasteiger partial charge >= 0.3 is 6.03 Å². The predicted molar refractivity (Wildman–Crippen MR) is 209 cm³/mol. The van der Waals surface area contributed by atoms with E-state index in [9.17, 15) is 24.0 Å². The molecular weight excluding hydrogens is 752 g/mol. The highest BCUT2D eigenvalue weighted by molar-refractivity contribution is 6.31. The second-order valence-corrected chi connectivity index (χ2v) is 15.6. The highest BCUT2D eigenvalue weighted by Gasteiger charge is 2.45. The van der Waals surface area contributed by atoms with Crippen LogP contribution in [0.25, 0.3) is 0 Å². The van der Waals surface area contributed by atoms with Gasteiger partial charge in [-0.15, -0.1) is 10.2 Å². The molecule has 8 rings (SSSR count). The molecule has 1 atom stereocenters.